The van der Waals surface area contributed by atoms with E-state index < -0.39 is 11.9 Å². The molecule has 1 aromatic rings. The molecule has 2 N–H and O–H groups in total. The first-order chi connectivity index (χ1) is 8.15. The third-order valence-electron chi connectivity index (χ3n) is 3.35. The van der Waals surface area contributed by atoms with Crippen LogP contribution in [0, 0.1) is 5.92 Å². The van der Waals surface area contributed by atoms with Crippen molar-refractivity contribution >= 4 is 17.7 Å². The fourth-order valence-electron chi connectivity index (χ4n) is 2.16. The molecule has 6 heteroatoms. The lowest BCUT2D eigenvalue weighted by molar-refractivity contribution is -0.141. The van der Waals surface area contributed by atoms with Gasteiger partial charge in [-0.2, -0.15) is 5.10 Å². The SMILES string of the molecule is O=C(O)C1CC(=O)N(c2cc(C3CC3)[nH]n2)C1. The molecule has 1 saturated carbocycles. The maximum atomic E-state index is 11.7. The van der Waals surface area contributed by atoms with Crippen molar-refractivity contribution in [2.45, 2.75) is 25.2 Å². The van der Waals surface area contributed by atoms with Crippen LogP contribution in [0.5, 0.6) is 0 Å². The molecule has 1 amide bonds. The van der Waals surface area contributed by atoms with Gasteiger partial charge in [-0.1, -0.05) is 0 Å². The van der Waals surface area contributed by atoms with Crippen molar-refractivity contribution in [3.63, 3.8) is 0 Å². The number of carboxylic acid groups (broad SMARTS) is 1. The lowest BCUT2D eigenvalue weighted by Crippen LogP contribution is -2.26. The Labute approximate surface area is 97.6 Å². The highest BCUT2D eigenvalue weighted by atomic mass is 16.4. The van der Waals surface area contributed by atoms with E-state index in [9.17, 15) is 9.59 Å². The predicted molar refractivity (Wildman–Crippen MR) is 58.7 cm³/mol. The van der Waals surface area contributed by atoms with Crippen LogP contribution in [-0.4, -0.2) is 33.7 Å². The van der Waals surface area contributed by atoms with Crippen LogP contribution in [0.25, 0.3) is 0 Å². The van der Waals surface area contributed by atoms with Crippen molar-refractivity contribution in [1.82, 2.24) is 10.2 Å². The Kier molecular flexibility index (Phi) is 2.17. The molecule has 1 atom stereocenters. The number of carboxylic acids is 1. The number of aromatic amines is 1. The quantitative estimate of drug-likeness (QED) is 0.808. The number of anilines is 1. The summed E-state index contributed by atoms with van der Waals surface area (Å²) in [5, 5.41) is 15.9. The molecule has 1 unspecified atom stereocenters. The predicted octanol–water partition coefficient (Wildman–Crippen LogP) is 0.725. The Bertz CT molecular complexity index is 478. The third kappa shape index (κ3) is 1.79. The van der Waals surface area contributed by atoms with E-state index in [1.807, 2.05) is 6.07 Å². The fraction of sp³-hybridized carbons (Fsp3) is 0.545. The number of nitrogens with zero attached hydrogens (tertiary/aromatic N) is 2. The van der Waals surface area contributed by atoms with E-state index in [2.05, 4.69) is 10.2 Å². The number of amides is 1. The molecule has 1 aromatic heterocycles. The van der Waals surface area contributed by atoms with Gasteiger partial charge < -0.3 is 5.11 Å². The molecule has 90 valence electrons. The summed E-state index contributed by atoms with van der Waals surface area (Å²) in [5.41, 5.74) is 1.05. The fourth-order valence-corrected chi connectivity index (χ4v) is 2.16. The largest absolute Gasteiger partial charge is 0.481 e. The van der Waals surface area contributed by atoms with Gasteiger partial charge in [0.2, 0.25) is 5.91 Å². The maximum absolute atomic E-state index is 11.7. The van der Waals surface area contributed by atoms with Gasteiger partial charge >= 0.3 is 5.97 Å². The standard InChI is InChI=1S/C11H13N3O3/c15-10-3-7(11(16)17)5-14(10)9-4-8(12-13-9)6-1-2-6/h4,6-7H,1-3,5H2,(H,12,13)(H,16,17). The highest BCUT2D eigenvalue weighted by Crippen LogP contribution is 2.40. The van der Waals surface area contributed by atoms with Crippen molar-refractivity contribution in [2.75, 3.05) is 11.4 Å². The molecular weight excluding hydrogens is 222 g/mol. The first-order valence-electron chi connectivity index (χ1n) is 5.73. The molecule has 3 rings (SSSR count). The summed E-state index contributed by atoms with van der Waals surface area (Å²) < 4.78 is 0. The zero-order chi connectivity index (χ0) is 12.0. The Morgan fingerprint density at radius 2 is 2.29 bits per heavy atom. The number of hydrogen-bond donors (Lipinski definition) is 2. The average molecular weight is 235 g/mol. The smallest absolute Gasteiger partial charge is 0.308 e. The number of hydrogen-bond acceptors (Lipinski definition) is 3. The van der Waals surface area contributed by atoms with Gasteiger partial charge in [0.05, 0.1) is 5.92 Å². The van der Waals surface area contributed by atoms with Gasteiger partial charge in [-0.05, 0) is 12.8 Å². The molecule has 2 heterocycles. The molecule has 0 bridgehead atoms. The van der Waals surface area contributed by atoms with E-state index in [4.69, 9.17) is 5.11 Å². The van der Waals surface area contributed by atoms with Crippen LogP contribution in [0.4, 0.5) is 5.82 Å². The van der Waals surface area contributed by atoms with Gasteiger partial charge in [-0.3, -0.25) is 19.6 Å². The van der Waals surface area contributed by atoms with Gasteiger partial charge in [0.15, 0.2) is 5.82 Å². The number of aromatic nitrogens is 2. The molecule has 6 nitrogen and oxygen atoms in total. The van der Waals surface area contributed by atoms with Gasteiger partial charge in [-0.25, -0.2) is 0 Å². The molecule has 1 aliphatic heterocycles. The Morgan fingerprint density at radius 3 is 2.88 bits per heavy atom. The molecule has 1 aliphatic carbocycles. The van der Waals surface area contributed by atoms with Crippen LogP contribution in [0.2, 0.25) is 0 Å². The van der Waals surface area contributed by atoms with E-state index in [0.717, 1.165) is 18.5 Å². The van der Waals surface area contributed by atoms with Crippen molar-refractivity contribution in [3.8, 4) is 0 Å². The van der Waals surface area contributed by atoms with Crippen LogP contribution in [0.3, 0.4) is 0 Å². The van der Waals surface area contributed by atoms with Crippen molar-refractivity contribution in [1.29, 1.82) is 0 Å². The van der Waals surface area contributed by atoms with Crippen LogP contribution < -0.4 is 4.90 Å². The van der Waals surface area contributed by atoms with Gasteiger partial charge in [0.1, 0.15) is 0 Å². The van der Waals surface area contributed by atoms with Crippen molar-refractivity contribution in [2.24, 2.45) is 5.92 Å². The van der Waals surface area contributed by atoms with Crippen molar-refractivity contribution < 1.29 is 14.7 Å². The summed E-state index contributed by atoms with van der Waals surface area (Å²) in [6.07, 6.45) is 2.39. The second-order valence-corrected chi connectivity index (χ2v) is 4.70. The van der Waals surface area contributed by atoms with E-state index in [0.29, 0.717) is 11.7 Å². The van der Waals surface area contributed by atoms with Crippen LogP contribution in [-0.2, 0) is 9.59 Å². The first-order valence-corrected chi connectivity index (χ1v) is 5.73. The number of carbonyl (C=O) groups excluding carboxylic acids is 1. The minimum atomic E-state index is -0.918. The lowest BCUT2D eigenvalue weighted by atomic mass is 10.1. The minimum absolute atomic E-state index is 0.0704. The Morgan fingerprint density at radius 1 is 1.53 bits per heavy atom. The van der Waals surface area contributed by atoms with Crippen LogP contribution in [0.1, 0.15) is 30.9 Å². The maximum Gasteiger partial charge on any atom is 0.308 e. The number of aliphatic carboxylic acids is 1. The Balaban J connectivity index is 1.78. The zero-order valence-electron chi connectivity index (χ0n) is 9.22. The monoisotopic (exact) mass is 235 g/mol. The van der Waals surface area contributed by atoms with Gasteiger partial charge in [-0.15, -0.1) is 0 Å². The first kappa shape index (κ1) is 10.3. The van der Waals surface area contributed by atoms with E-state index in [1.165, 1.54) is 4.90 Å². The van der Waals surface area contributed by atoms with E-state index in [-0.39, 0.29) is 18.9 Å². The summed E-state index contributed by atoms with van der Waals surface area (Å²) >= 11 is 0. The number of rotatable bonds is 3. The highest BCUT2D eigenvalue weighted by molar-refractivity contribution is 5.98. The average Bonchev–Trinajstić information content (AvgIpc) is 2.88. The summed E-state index contributed by atoms with van der Waals surface area (Å²) in [5.74, 6) is -0.585. The molecule has 0 spiro atoms. The molecule has 2 aliphatic rings. The normalized spacial score (nSPS) is 24.4. The molecule has 17 heavy (non-hydrogen) atoms. The third-order valence-corrected chi connectivity index (χ3v) is 3.35. The number of nitrogens with one attached hydrogen (secondary N) is 1. The second kappa shape index (κ2) is 3.58. The van der Waals surface area contributed by atoms with Gasteiger partial charge in [0, 0.05) is 30.6 Å². The Hall–Kier alpha value is -1.85. The zero-order valence-corrected chi connectivity index (χ0v) is 9.22. The second-order valence-electron chi connectivity index (χ2n) is 4.70. The number of H-pyrrole nitrogens is 1. The molecule has 0 aromatic carbocycles. The molecule has 0 radical (unpaired) electrons. The van der Waals surface area contributed by atoms with Crippen LogP contribution in [0.15, 0.2) is 6.07 Å². The summed E-state index contributed by atoms with van der Waals surface area (Å²) in [6.45, 7) is 0.225. The lowest BCUT2D eigenvalue weighted by Gasteiger charge is -2.11. The molecular formula is C11H13N3O3. The summed E-state index contributed by atoms with van der Waals surface area (Å²) in [7, 11) is 0. The van der Waals surface area contributed by atoms with Gasteiger partial charge in [0.25, 0.3) is 0 Å². The topological polar surface area (TPSA) is 86.3 Å². The summed E-state index contributed by atoms with van der Waals surface area (Å²) in [6, 6.07) is 1.86. The van der Waals surface area contributed by atoms with Crippen molar-refractivity contribution in [3.05, 3.63) is 11.8 Å². The number of carbonyl (C=O) groups is 2. The summed E-state index contributed by atoms with van der Waals surface area (Å²) in [4.78, 5) is 24.0. The molecule has 2 fully saturated rings. The minimum Gasteiger partial charge on any atom is -0.481 e. The molecule has 1 saturated heterocycles. The van der Waals surface area contributed by atoms with E-state index >= 15 is 0 Å². The van der Waals surface area contributed by atoms with E-state index in [1.54, 1.807) is 0 Å². The highest BCUT2D eigenvalue weighted by Gasteiger charge is 2.36. The van der Waals surface area contributed by atoms with Crippen LogP contribution >= 0.6 is 0 Å².